The molecule has 0 bridgehead atoms. The molecular weight excluding hydrogens is 150 g/mol. The van der Waals surface area contributed by atoms with Gasteiger partial charge in [-0.25, -0.2) is 0 Å². The highest BCUT2D eigenvalue weighted by atomic mass is 16.5. The molecule has 0 aromatic heterocycles. The van der Waals surface area contributed by atoms with Crippen LogP contribution in [-0.2, 0) is 4.74 Å². The quantitative estimate of drug-likeness (QED) is 0.695. The normalized spacial score (nSPS) is 17.1. The van der Waals surface area contributed by atoms with Gasteiger partial charge >= 0.3 is 0 Å². The van der Waals surface area contributed by atoms with Gasteiger partial charge in [-0.05, 0) is 31.9 Å². The summed E-state index contributed by atoms with van der Waals surface area (Å²) in [7, 11) is 0. The summed E-state index contributed by atoms with van der Waals surface area (Å²) in [5.74, 6) is 1.09. The van der Waals surface area contributed by atoms with E-state index < -0.39 is 0 Å². The number of dihydropyridines is 1. The second-order valence-corrected chi connectivity index (χ2v) is 3.14. The number of nitrogens with one attached hydrogen (secondary N) is 1. The maximum Gasteiger partial charge on any atom is 0.118 e. The van der Waals surface area contributed by atoms with Crippen LogP contribution in [0.25, 0.3) is 0 Å². The van der Waals surface area contributed by atoms with Crippen LogP contribution in [0, 0.1) is 0 Å². The van der Waals surface area contributed by atoms with E-state index in [2.05, 4.69) is 32.2 Å². The van der Waals surface area contributed by atoms with Gasteiger partial charge in [0.15, 0.2) is 0 Å². The van der Waals surface area contributed by atoms with Gasteiger partial charge in [0, 0.05) is 5.70 Å². The SMILES string of the molecule is CCCOC1=C(C)C=C(C)NC1. The summed E-state index contributed by atoms with van der Waals surface area (Å²) in [5.41, 5.74) is 2.47. The van der Waals surface area contributed by atoms with Crippen LogP contribution in [0.3, 0.4) is 0 Å². The van der Waals surface area contributed by atoms with Crippen molar-refractivity contribution in [3.05, 3.63) is 23.1 Å². The topological polar surface area (TPSA) is 21.3 Å². The van der Waals surface area contributed by atoms with E-state index in [1.165, 1.54) is 11.3 Å². The summed E-state index contributed by atoms with van der Waals surface area (Å²) in [6.07, 6.45) is 3.19. The Hall–Kier alpha value is -0.920. The highest BCUT2D eigenvalue weighted by Gasteiger charge is 2.07. The highest BCUT2D eigenvalue weighted by Crippen LogP contribution is 2.13. The van der Waals surface area contributed by atoms with Crippen molar-refractivity contribution in [2.24, 2.45) is 0 Å². The van der Waals surface area contributed by atoms with E-state index in [1.807, 2.05) is 0 Å². The Morgan fingerprint density at radius 1 is 1.50 bits per heavy atom. The van der Waals surface area contributed by atoms with Gasteiger partial charge in [-0.2, -0.15) is 0 Å². The molecule has 68 valence electrons. The van der Waals surface area contributed by atoms with Gasteiger partial charge in [0.2, 0.25) is 0 Å². The molecule has 1 rings (SSSR count). The molecule has 2 nitrogen and oxygen atoms in total. The summed E-state index contributed by atoms with van der Waals surface area (Å²) >= 11 is 0. The maximum atomic E-state index is 5.57. The van der Waals surface area contributed by atoms with Crippen molar-refractivity contribution >= 4 is 0 Å². The molecule has 0 aromatic carbocycles. The van der Waals surface area contributed by atoms with Crippen LogP contribution in [0.15, 0.2) is 23.1 Å². The van der Waals surface area contributed by atoms with Crippen LogP contribution in [0.4, 0.5) is 0 Å². The summed E-state index contributed by atoms with van der Waals surface area (Å²) in [4.78, 5) is 0. The van der Waals surface area contributed by atoms with Crippen LogP contribution in [0.5, 0.6) is 0 Å². The number of hydrogen-bond acceptors (Lipinski definition) is 2. The molecule has 0 unspecified atom stereocenters. The average Bonchev–Trinajstić information content (AvgIpc) is 2.03. The third-order valence-corrected chi connectivity index (χ3v) is 1.88. The fourth-order valence-corrected chi connectivity index (χ4v) is 1.21. The van der Waals surface area contributed by atoms with Gasteiger partial charge in [-0.1, -0.05) is 6.92 Å². The molecule has 1 N–H and O–H groups in total. The van der Waals surface area contributed by atoms with Crippen LogP contribution in [0.1, 0.15) is 27.2 Å². The molecule has 0 aromatic rings. The lowest BCUT2D eigenvalue weighted by molar-refractivity contribution is 0.202. The van der Waals surface area contributed by atoms with E-state index >= 15 is 0 Å². The minimum Gasteiger partial charge on any atom is -0.496 e. The van der Waals surface area contributed by atoms with Crippen molar-refractivity contribution in [2.45, 2.75) is 27.2 Å². The molecule has 0 fully saturated rings. The first-order valence-corrected chi connectivity index (χ1v) is 4.48. The predicted octanol–water partition coefficient (Wildman–Crippen LogP) is 2.19. The molecule has 0 spiro atoms. The van der Waals surface area contributed by atoms with Gasteiger partial charge in [0.1, 0.15) is 5.76 Å². The Kier molecular flexibility index (Phi) is 3.20. The predicted molar refractivity (Wildman–Crippen MR) is 50.7 cm³/mol. The van der Waals surface area contributed by atoms with Crippen molar-refractivity contribution in [3.8, 4) is 0 Å². The molecule has 1 aliphatic rings. The molecule has 0 radical (unpaired) electrons. The molecule has 12 heavy (non-hydrogen) atoms. The number of hydrogen-bond donors (Lipinski definition) is 1. The molecule has 1 aliphatic heterocycles. The number of rotatable bonds is 3. The van der Waals surface area contributed by atoms with Gasteiger partial charge in [0.05, 0.1) is 13.2 Å². The van der Waals surface area contributed by atoms with E-state index in [0.29, 0.717) is 0 Å². The first-order chi connectivity index (χ1) is 5.74. The third-order valence-electron chi connectivity index (χ3n) is 1.88. The molecule has 1 heterocycles. The van der Waals surface area contributed by atoms with E-state index in [1.54, 1.807) is 0 Å². The van der Waals surface area contributed by atoms with Crippen LogP contribution in [0.2, 0.25) is 0 Å². The monoisotopic (exact) mass is 167 g/mol. The standard InChI is InChI=1S/C10H17NO/c1-4-5-12-10-7-11-9(3)6-8(10)2/h6,11H,4-5,7H2,1-3H3. The average molecular weight is 167 g/mol. The Bertz CT molecular complexity index is 216. The highest BCUT2D eigenvalue weighted by molar-refractivity contribution is 5.28. The number of allylic oxidation sites excluding steroid dienone is 3. The molecule has 2 heteroatoms. The summed E-state index contributed by atoms with van der Waals surface area (Å²) in [6, 6.07) is 0. The number of ether oxygens (including phenoxy) is 1. The van der Waals surface area contributed by atoms with Crippen molar-refractivity contribution < 1.29 is 4.74 Å². The summed E-state index contributed by atoms with van der Waals surface area (Å²) in [5, 5.41) is 3.25. The molecule has 0 atom stereocenters. The van der Waals surface area contributed by atoms with E-state index in [4.69, 9.17) is 4.74 Å². The maximum absolute atomic E-state index is 5.57. The second kappa shape index (κ2) is 4.19. The second-order valence-electron chi connectivity index (χ2n) is 3.14. The Morgan fingerprint density at radius 3 is 2.83 bits per heavy atom. The van der Waals surface area contributed by atoms with E-state index in [-0.39, 0.29) is 0 Å². The fraction of sp³-hybridized carbons (Fsp3) is 0.600. The lowest BCUT2D eigenvalue weighted by Gasteiger charge is -2.18. The van der Waals surface area contributed by atoms with Crippen molar-refractivity contribution in [3.63, 3.8) is 0 Å². The van der Waals surface area contributed by atoms with Crippen LogP contribution in [-0.4, -0.2) is 13.2 Å². The first kappa shape index (κ1) is 9.17. The first-order valence-electron chi connectivity index (χ1n) is 4.48. The Morgan fingerprint density at radius 2 is 2.25 bits per heavy atom. The van der Waals surface area contributed by atoms with Crippen molar-refractivity contribution in [2.75, 3.05) is 13.2 Å². The molecule has 0 amide bonds. The smallest absolute Gasteiger partial charge is 0.118 e. The molecule has 0 saturated carbocycles. The summed E-state index contributed by atoms with van der Waals surface area (Å²) in [6.45, 7) is 7.94. The zero-order chi connectivity index (χ0) is 8.97. The summed E-state index contributed by atoms with van der Waals surface area (Å²) < 4.78 is 5.57. The third kappa shape index (κ3) is 2.29. The van der Waals surface area contributed by atoms with Crippen molar-refractivity contribution in [1.29, 1.82) is 0 Å². The van der Waals surface area contributed by atoms with Crippen LogP contribution >= 0.6 is 0 Å². The minimum atomic E-state index is 0.821. The molecule has 0 saturated heterocycles. The lowest BCUT2D eigenvalue weighted by Crippen LogP contribution is -2.21. The van der Waals surface area contributed by atoms with Gasteiger partial charge in [0.25, 0.3) is 0 Å². The van der Waals surface area contributed by atoms with E-state index in [0.717, 1.165) is 25.3 Å². The minimum absolute atomic E-state index is 0.821. The van der Waals surface area contributed by atoms with Gasteiger partial charge in [-0.3, -0.25) is 0 Å². The Labute approximate surface area is 74.3 Å². The molecule has 0 aliphatic carbocycles. The van der Waals surface area contributed by atoms with Gasteiger partial charge < -0.3 is 10.1 Å². The Balaban J connectivity index is 2.56. The lowest BCUT2D eigenvalue weighted by atomic mass is 10.1. The fourth-order valence-electron chi connectivity index (χ4n) is 1.21. The zero-order valence-corrected chi connectivity index (χ0v) is 8.11. The van der Waals surface area contributed by atoms with Gasteiger partial charge in [-0.15, -0.1) is 0 Å². The molecular formula is C10H17NO. The van der Waals surface area contributed by atoms with Crippen molar-refractivity contribution in [1.82, 2.24) is 5.32 Å². The van der Waals surface area contributed by atoms with E-state index in [9.17, 15) is 0 Å². The van der Waals surface area contributed by atoms with Crippen LogP contribution < -0.4 is 5.32 Å². The largest absolute Gasteiger partial charge is 0.496 e. The zero-order valence-electron chi connectivity index (χ0n) is 8.11.